The van der Waals surface area contributed by atoms with Crippen LogP contribution < -0.4 is 5.32 Å². The highest BCUT2D eigenvalue weighted by atomic mass is 32.1. The van der Waals surface area contributed by atoms with Crippen LogP contribution in [0.4, 0.5) is 4.79 Å². The van der Waals surface area contributed by atoms with Gasteiger partial charge in [0, 0.05) is 22.2 Å². The van der Waals surface area contributed by atoms with Crippen LogP contribution in [0.3, 0.4) is 0 Å². The zero-order valence-corrected chi connectivity index (χ0v) is 9.05. The second-order valence-electron chi connectivity index (χ2n) is 3.58. The minimum absolute atomic E-state index is 0.0998. The van der Waals surface area contributed by atoms with Crippen LogP contribution in [0.15, 0.2) is 12.1 Å². The molecule has 1 aromatic rings. The molecule has 1 fully saturated rings. The molecule has 2 heterocycles. The van der Waals surface area contributed by atoms with Crippen LogP contribution in [-0.4, -0.2) is 24.4 Å². The van der Waals surface area contributed by atoms with Crippen molar-refractivity contribution in [2.24, 2.45) is 5.92 Å². The van der Waals surface area contributed by atoms with Crippen LogP contribution in [0.2, 0.25) is 0 Å². The van der Waals surface area contributed by atoms with Crippen molar-refractivity contribution in [1.29, 1.82) is 0 Å². The topological polar surface area (TPSA) is 58.6 Å². The van der Waals surface area contributed by atoms with Gasteiger partial charge in [-0.15, -0.1) is 11.3 Å². The Bertz CT molecular complexity index is 340. The first kappa shape index (κ1) is 10.4. The minimum atomic E-state index is -0.325. The van der Waals surface area contributed by atoms with Gasteiger partial charge in [-0.1, -0.05) is 0 Å². The van der Waals surface area contributed by atoms with Gasteiger partial charge >= 0.3 is 6.09 Å². The molecule has 5 heteroatoms. The molecule has 0 aliphatic carbocycles. The average molecular weight is 227 g/mol. The first-order valence-corrected chi connectivity index (χ1v) is 5.68. The van der Waals surface area contributed by atoms with Crippen LogP contribution in [-0.2, 0) is 17.8 Å². The predicted molar refractivity (Wildman–Crippen MR) is 56.8 cm³/mol. The molecular weight excluding hydrogens is 214 g/mol. The fourth-order valence-electron chi connectivity index (χ4n) is 1.56. The number of thiophene rings is 1. The van der Waals surface area contributed by atoms with Crippen LogP contribution in [0, 0.1) is 5.92 Å². The third-order valence-corrected chi connectivity index (χ3v) is 3.44. The Kier molecular flexibility index (Phi) is 3.23. The molecule has 15 heavy (non-hydrogen) atoms. The van der Waals surface area contributed by atoms with Gasteiger partial charge in [0.15, 0.2) is 0 Å². The Balaban J connectivity index is 1.88. The lowest BCUT2D eigenvalue weighted by atomic mass is 10.1. The van der Waals surface area contributed by atoms with E-state index < -0.39 is 0 Å². The fraction of sp³-hybridized carbons (Fsp3) is 0.500. The summed E-state index contributed by atoms with van der Waals surface area (Å²) in [7, 11) is 0. The molecule has 1 saturated heterocycles. The largest absolute Gasteiger partial charge is 0.449 e. The molecule has 1 atom stereocenters. The number of hydrogen-bond acceptors (Lipinski definition) is 4. The zero-order valence-electron chi connectivity index (χ0n) is 8.23. The molecule has 0 bridgehead atoms. The number of aliphatic hydroxyl groups excluding tert-OH is 1. The fourth-order valence-corrected chi connectivity index (χ4v) is 2.56. The first-order valence-electron chi connectivity index (χ1n) is 4.87. The van der Waals surface area contributed by atoms with Crippen molar-refractivity contribution >= 4 is 17.4 Å². The third kappa shape index (κ3) is 2.70. The van der Waals surface area contributed by atoms with Gasteiger partial charge in [-0.2, -0.15) is 0 Å². The summed E-state index contributed by atoms with van der Waals surface area (Å²) < 4.78 is 4.90. The van der Waals surface area contributed by atoms with Crippen molar-refractivity contribution in [3.63, 3.8) is 0 Å². The van der Waals surface area contributed by atoms with E-state index in [0.29, 0.717) is 19.1 Å². The zero-order chi connectivity index (χ0) is 10.7. The second-order valence-corrected chi connectivity index (χ2v) is 4.83. The summed E-state index contributed by atoms with van der Waals surface area (Å²) in [6.07, 6.45) is 0.568. The van der Waals surface area contributed by atoms with Gasteiger partial charge in [-0.3, -0.25) is 0 Å². The highest BCUT2D eigenvalue weighted by Gasteiger charge is 2.19. The molecule has 2 rings (SSSR count). The molecule has 0 aromatic carbocycles. The first-order chi connectivity index (χ1) is 7.28. The standard InChI is InChI=1S/C10H13NO3S/c12-5-9-2-1-8(15-9)3-7-4-11-10(13)14-6-7/h1-2,7,12H,3-6H2,(H,11,13)/t7-/m0/s1. The quantitative estimate of drug-likeness (QED) is 0.814. The number of amides is 1. The number of hydrogen-bond donors (Lipinski definition) is 2. The van der Waals surface area contributed by atoms with Gasteiger partial charge in [0.1, 0.15) is 0 Å². The molecule has 0 saturated carbocycles. The number of nitrogens with one attached hydrogen (secondary N) is 1. The molecule has 82 valence electrons. The monoisotopic (exact) mass is 227 g/mol. The van der Waals surface area contributed by atoms with E-state index in [1.54, 1.807) is 11.3 Å². The number of ether oxygens (including phenoxy) is 1. The van der Waals surface area contributed by atoms with Gasteiger partial charge in [0.05, 0.1) is 13.2 Å². The number of carbonyl (C=O) groups is 1. The Hall–Kier alpha value is -1.07. The van der Waals surface area contributed by atoms with Crippen LogP contribution in [0.25, 0.3) is 0 Å². The van der Waals surface area contributed by atoms with E-state index in [4.69, 9.17) is 9.84 Å². The lowest BCUT2D eigenvalue weighted by Crippen LogP contribution is -2.39. The van der Waals surface area contributed by atoms with Crippen molar-refractivity contribution < 1.29 is 14.6 Å². The summed E-state index contributed by atoms with van der Waals surface area (Å²) in [5.74, 6) is 0.341. The molecule has 1 aromatic heterocycles. The lowest BCUT2D eigenvalue weighted by Gasteiger charge is -2.21. The van der Waals surface area contributed by atoms with Crippen LogP contribution in [0.5, 0.6) is 0 Å². The number of cyclic esters (lactones) is 1. The molecular formula is C10H13NO3S. The van der Waals surface area contributed by atoms with Crippen LogP contribution in [0.1, 0.15) is 9.75 Å². The van der Waals surface area contributed by atoms with Gasteiger partial charge in [-0.25, -0.2) is 4.79 Å². The summed E-state index contributed by atoms with van der Waals surface area (Å²) in [6, 6.07) is 3.95. The number of carbonyl (C=O) groups excluding carboxylic acids is 1. The highest BCUT2D eigenvalue weighted by molar-refractivity contribution is 7.11. The molecule has 1 aliphatic heterocycles. The van der Waals surface area contributed by atoms with Gasteiger partial charge in [0.25, 0.3) is 0 Å². The van der Waals surface area contributed by atoms with Crippen LogP contribution >= 0.6 is 11.3 Å². The lowest BCUT2D eigenvalue weighted by molar-refractivity contribution is 0.103. The number of aliphatic hydroxyl groups is 1. The second kappa shape index (κ2) is 4.63. The highest BCUT2D eigenvalue weighted by Crippen LogP contribution is 2.20. The Labute approximate surface area is 91.9 Å². The van der Waals surface area contributed by atoms with E-state index >= 15 is 0 Å². The summed E-state index contributed by atoms with van der Waals surface area (Å²) in [5.41, 5.74) is 0. The smallest absolute Gasteiger partial charge is 0.407 e. The molecule has 0 unspecified atom stereocenters. The summed E-state index contributed by atoms with van der Waals surface area (Å²) in [5, 5.41) is 11.6. The van der Waals surface area contributed by atoms with E-state index in [2.05, 4.69) is 5.32 Å². The maximum absolute atomic E-state index is 10.7. The third-order valence-electron chi connectivity index (χ3n) is 2.35. The summed E-state index contributed by atoms with van der Waals surface area (Å²) in [6.45, 7) is 1.26. The van der Waals surface area contributed by atoms with E-state index in [1.165, 1.54) is 4.88 Å². The van der Waals surface area contributed by atoms with Gasteiger partial charge in [0.2, 0.25) is 0 Å². The normalized spacial score (nSPS) is 20.9. The van der Waals surface area contributed by atoms with E-state index in [1.807, 2.05) is 12.1 Å². The molecule has 0 radical (unpaired) electrons. The number of alkyl carbamates (subject to hydrolysis) is 1. The summed E-state index contributed by atoms with van der Waals surface area (Å²) >= 11 is 1.61. The molecule has 4 nitrogen and oxygen atoms in total. The molecule has 2 N–H and O–H groups in total. The van der Waals surface area contributed by atoms with Crippen molar-refractivity contribution in [3.8, 4) is 0 Å². The number of rotatable bonds is 3. The summed E-state index contributed by atoms with van der Waals surface area (Å²) in [4.78, 5) is 13.0. The van der Waals surface area contributed by atoms with Gasteiger partial charge < -0.3 is 15.2 Å². The average Bonchev–Trinajstić information content (AvgIpc) is 2.69. The Morgan fingerprint density at radius 3 is 2.93 bits per heavy atom. The SMILES string of the molecule is O=C1NC[C@H](Cc2ccc(CO)s2)CO1. The minimum Gasteiger partial charge on any atom is -0.449 e. The molecule has 1 aliphatic rings. The predicted octanol–water partition coefficient (Wildman–Crippen LogP) is 1.14. The van der Waals surface area contributed by atoms with Crippen molar-refractivity contribution in [3.05, 3.63) is 21.9 Å². The molecule has 1 amide bonds. The van der Waals surface area contributed by atoms with E-state index in [-0.39, 0.29) is 12.7 Å². The van der Waals surface area contributed by atoms with E-state index in [9.17, 15) is 4.79 Å². The van der Waals surface area contributed by atoms with Gasteiger partial charge in [-0.05, 0) is 18.6 Å². The Morgan fingerprint density at radius 2 is 2.33 bits per heavy atom. The van der Waals surface area contributed by atoms with Crippen molar-refractivity contribution in [1.82, 2.24) is 5.32 Å². The molecule has 0 spiro atoms. The maximum Gasteiger partial charge on any atom is 0.407 e. The van der Waals surface area contributed by atoms with E-state index in [0.717, 1.165) is 11.3 Å². The van der Waals surface area contributed by atoms with Crippen molar-refractivity contribution in [2.45, 2.75) is 13.0 Å². The maximum atomic E-state index is 10.7. The van der Waals surface area contributed by atoms with Crippen molar-refractivity contribution in [2.75, 3.05) is 13.2 Å². The Morgan fingerprint density at radius 1 is 1.53 bits per heavy atom.